The minimum Gasteiger partial charge on any atom is -0.356 e. The number of aryl methyl sites for hydroxylation is 1. The minimum atomic E-state index is 0.121. The van der Waals surface area contributed by atoms with Crippen LogP contribution >= 0.6 is 0 Å². The number of benzene rings is 2. The molecule has 5 rings (SSSR count). The second-order valence-corrected chi connectivity index (χ2v) is 8.74. The molecule has 2 aromatic carbocycles. The molecule has 31 heavy (non-hydrogen) atoms. The summed E-state index contributed by atoms with van der Waals surface area (Å²) < 4.78 is 0. The maximum atomic E-state index is 13.6. The molecule has 0 spiro atoms. The van der Waals surface area contributed by atoms with Gasteiger partial charge in [0.1, 0.15) is 5.82 Å². The van der Waals surface area contributed by atoms with E-state index in [9.17, 15) is 4.79 Å². The number of rotatable bonds is 4. The Hall–Kier alpha value is -2.92. The Kier molecular flexibility index (Phi) is 5.60. The van der Waals surface area contributed by atoms with E-state index in [0.717, 1.165) is 68.1 Å². The van der Waals surface area contributed by atoms with Crippen molar-refractivity contribution < 1.29 is 4.79 Å². The van der Waals surface area contributed by atoms with E-state index < -0.39 is 0 Å². The molecule has 1 amide bonds. The van der Waals surface area contributed by atoms with Gasteiger partial charge in [0.25, 0.3) is 5.91 Å². The lowest BCUT2D eigenvalue weighted by molar-refractivity contribution is 0.0628. The first-order valence-electron chi connectivity index (χ1n) is 11.4. The Balaban J connectivity index is 1.34. The zero-order chi connectivity index (χ0) is 21.2. The van der Waals surface area contributed by atoms with Crippen molar-refractivity contribution in [3.8, 4) is 0 Å². The molecule has 0 saturated carbocycles. The lowest BCUT2D eigenvalue weighted by Gasteiger charge is -2.35. The van der Waals surface area contributed by atoms with Crippen LogP contribution in [-0.2, 0) is 6.54 Å². The quantitative estimate of drug-likeness (QED) is 0.644. The molecule has 3 heterocycles. The number of carbonyl (C=O) groups is 1. The smallest absolute Gasteiger partial charge is 0.257 e. The van der Waals surface area contributed by atoms with Crippen LogP contribution in [-0.4, -0.2) is 60.0 Å². The van der Waals surface area contributed by atoms with E-state index in [-0.39, 0.29) is 5.91 Å². The Bertz CT molecular complexity index is 1080. The largest absolute Gasteiger partial charge is 0.356 e. The molecule has 2 aliphatic rings. The second kappa shape index (κ2) is 8.67. The Labute approximate surface area is 184 Å². The highest BCUT2D eigenvalue weighted by atomic mass is 16.2. The third-order valence-corrected chi connectivity index (χ3v) is 6.65. The average Bonchev–Trinajstić information content (AvgIpc) is 3.35. The number of aromatic nitrogens is 1. The number of nitrogens with zero attached hydrogens (tertiary/aromatic N) is 4. The predicted octanol–water partition coefficient (Wildman–Crippen LogP) is 4.10. The molecule has 0 N–H and O–H groups in total. The number of hydrogen-bond acceptors (Lipinski definition) is 4. The predicted molar refractivity (Wildman–Crippen MR) is 126 cm³/mol. The van der Waals surface area contributed by atoms with Crippen LogP contribution in [0.4, 0.5) is 5.82 Å². The van der Waals surface area contributed by atoms with Crippen LogP contribution in [0.1, 0.15) is 34.3 Å². The highest BCUT2D eigenvalue weighted by Gasteiger charge is 2.27. The van der Waals surface area contributed by atoms with Crippen molar-refractivity contribution in [1.29, 1.82) is 0 Å². The summed E-state index contributed by atoms with van der Waals surface area (Å²) in [6.45, 7) is 8.41. The molecule has 0 atom stereocenters. The van der Waals surface area contributed by atoms with Gasteiger partial charge in [-0.3, -0.25) is 9.69 Å². The van der Waals surface area contributed by atoms with Crippen LogP contribution in [0.5, 0.6) is 0 Å². The summed E-state index contributed by atoms with van der Waals surface area (Å²) in [7, 11) is 0. The first kappa shape index (κ1) is 20.0. The van der Waals surface area contributed by atoms with E-state index >= 15 is 0 Å². The van der Waals surface area contributed by atoms with Crippen molar-refractivity contribution in [2.24, 2.45) is 0 Å². The maximum absolute atomic E-state index is 13.6. The van der Waals surface area contributed by atoms with Gasteiger partial charge >= 0.3 is 0 Å². The van der Waals surface area contributed by atoms with E-state index in [2.05, 4.69) is 47.1 Å². The number of amides is 1. The number of anilines is 1. The van der Waals surface area contributed by atoms with Gasteiger partial charge < -0.3 is 9.80 Å². The number of pyridine rings is 1. The van der Waals surface area contributed by atoms with Gasteiger partial charge in [0.15, 0.2) is 0 Å². The lowest BCUT2D eigenvalue weighted by Crippen LogP contribution is -2.48. The van der Waals surface area contributed by atoms with Gasteiger partial charge in [0.2, 0.25) is 0 Å². The summed E-state index contributed by atoms with van der Waals surface area (Å²) in [5.41, 5.74) is 4.42. The second-order valence-electron chi connectivity index (χ2n) is 8.74. The van der Waals surface area contributed by atoms with E-state index in [0.29, 0.717) is 0 Å². The molecule has 2 fully saturated rings. The molecule has 0 aliphatic carbocycles. The van der Waals surface area contributed by atoms with Gasteiger partial charge in [-0.2, -0.15) is 0 Å². The molecule has 0 unspecified atom stereocenters. The normalized spacial score (nSPS) is 17.5. The minimum absolute atomic E-state index is 0.121. The first-order valence-corrected chi connectivity index (χ1v) is 11.4. The fraction of sp³-hybridized carbons (Fsp3) is 0.385. The summed E-state index contributed by atoms with van der Waals surface area (Å²) in [4.78, 5) is 25.3. The zero-order valence-electron chi connectivity index (χ0n) is 18.3. The average molecular weight is 415 g/mol. The van der Waals surface area contributed by atoms with Crippen LogP contribution < -0.4 is 4.90 Å². The molecule has 0 radical (unpaired) electrons. The standard InChI is InChI=1S/C26H30N4O/c1-20-8-2-3-10-22(20)19-28-14-16-30(17-15-28)26(31)23-18-21-9-4-5-11-24(21)27-25(23)29-12-6-7-13-29/h2-5,8-11,18H,6-7,12-17,19H2,1H3. The number of carbonyl (C=O) groups excluding carboxylic acids is 1. The molecule has 1 aromatic heterocycles. The number of piperazine rings is 1. The molecule has 2 saturated heterocycles. The van der Waals surface area contributed by atoms with Crippen LogP contribution in [0.15, 0.2) is 54.6 Å². The third-order valence-electron chi connectivity index (χ3n) is 6.65. The Morgan fingerprint density at radius 3 is 2.39 bits per heavy atom. The number of para-hydroxylation sites is 1. The fourth-order valence-electron chi connectivity index (χ4n) is 4.74. The fourth-order valence-corrected chi connectivity index (χ4v) is 4.74. The monoisotopic (exact) mass is 414 g/mol. The Morgan fingerprint density at radius 2 is 1.61 bits per heavy atom. The van der Waals surface area contributed by atoms with Gasteiger partial charge in [-0.1, -0.05) is 42.5 Å². The van der Waals surface area contributed by atoms with Crippen molar-refractivity contribution in [2.75, 3.05) is 44.2 Å². The van der Waals surface area contributed by atoms with Gasteiger partial charge in [-0.05, 0) is 43.0 Å². The van der Waals surface area contributed by atoms with Crippen molar-refractivity contribution in [1.82, 2.24) is 14.8 Å². The van der Waals surface area contributed by atoms with Gasteiger partial charge in [-0.15, -0.1) is 0 Å². The summed E-state index contributed by atoms with van der Waals surface area (Å²) in [5.74, 6) is 0.985. The molecular formula is C26H30N4O. The van der Waals surface area contributed by atoms with E-state index in [1.54, 1.807) is 0 Å². The number of fused-ring (bicyclic) bond motifs is 1. The van der Waals surface area contributed by atoms with Gasteiger partial charge in [0.05, 0.1) is 11.1 Å². The molecule has 2 aliphatic heterocycles. The van der Waals surface area contributed by atoms with Gasteiger partial charge in [-0.25, -0.2) is 4.98 Å². The topological polar surface area (TPSA) is 39.7 Å². The summed E-state index contributed by atoms with van der Waals surface area (Å²) >= 11 is 0. The number of hydrogen-bond donors (Lipinski definition) is 0. The van der Waals surface area contributed by atoms with Crippen LogP contribution in [0.3, 0.4) is 0 Å². The van der Waals surface area contributed by atoms with Gasteiger partial charge in [0, 0.05) is 51.2 Å². The third kappa shape index (κ3) is 4.15. The highest BCUT2D eigenvalue weighted by molar-refractivity contribution is 6.02. The lowest BCUT2D eigenvalue weighted by atomic mass is 10.1. The zero-order valence-corrected chi connectivity index (χ0v) is 18.3. The molecule has 3 aromatic rings. The molecule has 160 valence electrons. The summed E-state index contributed by atoms with van der Waals surface area (Å²) in [5, 5.41) is 1.03. The summed E-state index contributed by atoms with van der Waals surface area (Å²) in [6.07, 6.45) is 2.33. The van der Waals surface area contributed by atoms with Crippen LogP contribution in [0.2, 0.25) is 0 Å². The summed E-state index contributed by atoms with van der Waals surface area (Å²) in [6, 6.07) is 18.7. The SMILES string of the molecule is Cc1ccccc1CN1CCN(C(=O)c2cc3ccccc3nc2N2CCCC2)CC1. The van der Waals surface area contributed by atoms with Crippen molar-refractivity contribution in [3.63, 3.8) is 0 Å². The van der Waals surface area contributed by atoms with Crippen molar-refractivity contribution in [3.05, 3.63) is 71.3 Å². The molecule has 5 nitrogen and oxygen atoms in total. The van der Waals surface area contributed by atoms with E-state index in [4.69, 9.17) is 4.98 Å². The highest BCUT2D eigenvalue weighted by Crippen LogP contribution is 2.28. The first-order chi connectivity index (χ1) is 15.2. The van der Waals surface area contributed by atoms with Crippen molar-refractivity contribution >= 4 is 22.6 Å². The van der Waals surface area contributed by atoms with E-state index in [1.165, 1.54) is 24.0 Å². The Morgan fingerprint density at radius 1 is 0.903 bits per heavy atom. The molecular weight excluding hydrogens is 384 g/mol. The van der Waals surface area contributed by atoms with Crippen LogP contribution in [0, 0.1) is 6.92 Å². The van der Waals surface area contributed by atoms with Crippen molar-refractivity contribution in [2.45, 2.75) is 26.3 Å². The van der Waals surface area contributed by atoms with E-state index in [1.807, 2.05) is 29.2 Å². The maximum Gasteiger partial charge on any atom is 0.257 e. The molecule has 5 heteroatoms. The molecule has 0 bridgehead atoms. The van der Waals surface area contributed by atoms with Crippen LogP contribution in [0.25, 0.3) is 10.9 Å².